The molecule has 11 heteroatoms. The molecule has 0 N–H and O–H groups in total. The third-order valence-corrected chi connectivity index (χ3v) is 5.09. The van der Waals surface area contributed by atoms with E-state index in [4.69, 9.17) is 8.83 Å². The van der Waals surface area contributed by atoms with Crippen molar-refractivity contribution < 1.29 is 13.8 Å². The van der Waals surface area contributed by atoms with Gasteiger partial charge in [-0.3, -0.25) is 10.1 Å². The summed E-state index contributed by atoms with van der Waals surface area (Å²) in [5, 5.41) is 27.7. The molecular formula is C17H14N6O4S. The second-order valence-corrected chi connectivity index (χ2v) is 7.16. The number of hydrogen-bond acceptors (Lipinski definition) is 9. The van der Waals surface area contributed by atoms with Gasteiger partial charge in [0.05, 0.1) is 16.4 Å². The van der Waals surface area contributed by atoms with Gasteiger partial charge >= 0.3 is 0 Å². The van der Waals surface area contributed by atoms with Gasteiger partial charge in [-0.25, -0.2) is 0 Å². The van der Waals surface area contributed by atoms with Crippen molar-refractivity contribution in [2.75, 3.05) is 0 Å². The summed E-state index contributed by atoms with van der Waals surface area (Å²) in [6, 6.07) is 9.55. The van der Waals surface area contributed by atoms with Gasteiger partial charge in [0.25, 0.3) is 5.69 Å². The van der Waals surface area contributed by atoms with Gasteiger partial charge in [0.15, 0.2) is 16.7 Å². The fourth-order valence-corrected chi connectivity index (χ4v) is 3.33. The maximum Gasteiger partial charge on any atom is 0.269 e. The lowest BCUT2D eigenvalue weighted by Crippen LogP contribution is -1.96. The summed E-state index contributed by atoms with van der Waals surface area (Å²) in [5.41, 5.74) is 0.613. The highest BCUT2D eigenvalue weighted by Crippen LogP contribution is 2.35. The molecule has 3 heterocycles. The molecule has 1 aromatic carbocycles. The third kappa shape index (κ3) is 3.39. The fourth-order valence-electron chi connectivity index (χ4n) is 2.49. The Hall–Kier alpha value is -3.47. The van der Waals surface area contributed by atoms with Crippen LogP contribution in [0.5, 0.6) is 0 Å². The zero-order valence-corrected chi connectivity index (χ0v) is 15.7. The Kier molecular flexibility index (Phi) is 4.65. The van der Waals surface area contributed by atoms with Crippen LogP contribution in [0.2, 0.25) is 0 Å². The van der Waals surface area contributed by atoms with Gasteiger partial charge in [0.2, 0.25) is 11.8 Å². The van der Waals surface area contributed by atoms with Crippen LogP contribution in [0.25, 0.3) is 23.0 Å². The first-order valence-electron chi connectivity index (χ1n) is 8.21. The molecule has 1 atom stereocenters. The van der Waals surface area contributed by atoms with Crippen molar-refractivity contribution in [3.63, 3.8) is 0 Å². The van der Waals surface area contributed by atoms with Crippen molar-refractivity contribution in [1.29, 1.82) is 0 Å². The smallest absolute Gasteiger partial charge is 0.269 e. The van der Waals surface area contributed by atoms with E-state index in [0.717, 1.165) is 0 Å². The van der Waals surface area contributed by atoms with Gasteiger partial charge in [-0.05, 0) is 31.2 Å². The van der Waals surface area contributed by atoms with Crippen molar-refractivity contribution in [3.8, 4) is 23.0 Å². The standard InChI is InChI=1S/C17H14N6O4S/c1-10(28-17-21-18-14(22(17)2)13-4-3-9-26-13)15-19-20-16(27-15)11-5-7-12(8-6-11)23(24)25/h3-10H,1-2H3/t10-/m1/s1. The lowest BCUT2D eigenvalue weighted by atomic mass is 10.2. The molecule has 0 radical (unpaired) electrons. The number of benzene rings is 1. The number of rotatable bonds is 6. The molecule has 0 aliphatic rings. The molecule has 28 heavy (non-hydrogen) atoms. The Balaban J connectivity index is 1.51. The Bertz CT molecular complexity index is 1100. The van der Waals surface area contributed by atoms with E-state index in [1.807, 2.05) is 24.6 Å². The van der Waals surface area contributed by atoms with Crippen LogP contribution in [0.3, 0.4) is 0 Å². The van der Waals surface area contributed by atoms with Gasteiger partial charge in [0.1, 0.15) is 0 Å². The van der Waals surface area contributed by atoms with E-state index < -0.39 is 4.92 Å². The molecule has 0 unspecified atom stereocenters. The topological polar surface area (TPSA) is 126 Å². The van der Waals surface area contributed by atoms with Gasteiger partial charge < -0.3 is 13.4 Å². The lowest BCUT2D eigenvalue weighted by Gasteiger charge is -2.06. The quantitative estimate of drug-likeness (QED) is 0.270. The highest BCUT2D eigenvalue weighted by atomic mass is 32.2. The molecule has 0 aliphatic carbocycles. The molecule has 142 valence electrons. The molecule has 0 bridgehead atoms. The van der Waals surface area contributed by atoms with Crippen LogP contribution < -0.4 is 0 Å². The maximum absolute atomic E-state index is 10.8. The van der Waals surface area contributed by atoms with Crippen molar-refractivity contribution in [2.45, 2.75) is 17.3 Å². The number of hydrogen-bond donors (Lipinski definition) is 0. The minimum atomic E-state index is -0.459. The second-order valence-electron chi connectivity index (χ2n) is 5.85. The van der Waals surface area contributed by atoms with Gasteiger partial charge in [-0.2, -0.15) is 0 Å². The number of non-ortho nitro benzene ring substituents is 1. The van der Waals surface area contributed by atoms with Crippen LogP contribution in [-0.4, -0.2) is 29.9 Å². The molecule has 0 aliphatic heterocycles. The Morgan fingerprint density at radius 1 is 1.14 bits per heavy atom. The molecule has 0 spiro atoms. The van der Waals surface area contributed by atoms with Crippen LogP contribution in [-0.2, 0) is 7.05 Å². The van der Waals surface area contributed by atoms with E-state index in [-0.39, 0.29) is 10.9 Å². The van der Waals surface area contributed by atoms with Gasteiger partial charge in [0, 0.05) is 24.7 Å². The van der Waals surface area contributed by atoms with E-state index in [1.54, 1.807) is 24.5 Å². The number of nitro groups is 1. The lowest BCUT2D eigenvalue weighted by molar-refractivity contribution is -0.384. The van der Waals surface area contributed by atoms with Crippen molar-refractivity contribution in [2.24, 2.45) is 7.05 Å². The average molecular weight is 398 g/mol. The van der Waals surface area contributed by atoms with Gasteiger partial charge in [-0.15, -0.1) is 20.4 Å². The monoisotopic (exact) mass is 398 g/mol. The minimum absolute atomic E-state index is 0.00190. The van der Waals surface area contributed by atoms with E-state index in [9.17, 15) is 10.1 Å². The first-order valence-corrected chi connectivity index (χ1v) is 9.09. The summed E-state index contributed by atoms with van der Waals surface area (Å²) < 4.78 is 12.9. The molecular weight excluding hydrogens is 384 g/mol. The third-order valence-electron chi connectivity index (χ3n) is 3.97. The summed E-state index contributed by atoms with van der Waals surface area (Å²) in [5.74, 6) is 1.97. The summed E-state index contributed by atoms with van der Waals surface area (Å²) >= 11 is 1.42. The summed E-state index contributed by atoms with van der Waals surface area (Å²) in [6.07, 6.45) is 1.58. The zero-order valence-electron chi connectivity index (χ0n) is 14.8. The summed E-state index contributed by atoms with van der Waals surface area (Å²) in [7, 11) is 1.85. The Morgan fingerprint density at radius 3 is 2.61 bits per heavy atom. The normalized spacial score (nSPS) is 12.2. The first-order chi connectivity index (χ1) is 13.5. The maximum atomic E-state index is 10.8. The first kappa shape index (κ1) is 17.9. The number of nitro benzene ring substituents is 1. The molecule has 0 saturated heterocycles. The number of aromatic nitrogens is 5. The molecule has 0 saturated carbocycles. The van der Waals surface area contributed by atoms with Crippen molar-refractivity contribution >= 4 is 17.4 Å². The van der Waals surface area contributed by atoms with Crippen molar-refractivity contribution in [3.05, 3.63) is 58.7 Å². The number of thioether (sulfide) groups is 1. The fraction of sp³-hybridized carbons (Fsp3) is 0.176. The highest BCUT2D eigenvalue weighted by Gasteiger charge is 2.21. The van der Waals surface area contributed by atoms with Gasteiger partial charge in [-0.1, -0.05) is 11.8 Å². The summed E-state index contributed by atoms with van der Waals surface area (Å²) in [6.45, 7) is 1.92. The predicted octanol–water partition coefficient (Wildman–Crippen LogP) is 3.89. The second kappa shape index (κ2) is 7.27. The molecule has 3 aromatic heterocycles. The average Bonchev–Trinajstić information content (AvgIpc) is 3.43. The Labute approximate surface area is 162 Å². The molecule has 10 nitrogen and oxygen atoms in total. The van der Waals surface area contributed by atoms with E-state index in [2.05, 4.69) is 20.4 Å². The molecule has 0 amide bonds. The van der Waals surface area contributed by atoms with E-state index in [0.29, 0.717) is 34.1 Å². The molecule has 0 fully saturated rings. The zero-order chi connectivity index (χ0) is 19.7. The van der Waals surface area contributed by atoms with Crippen LogP contribution in [0.1, 0.15) is 18.1 Å². The van der Waals surface area contributed by atoms with Crippen molar-refractivity contribution in [1.82, 2.24) is 25.0 Å². The van der Waals surface area contributed by atoms with Crippen LogP contribution >= 0.6 is 11.8 Å². The molecule has 4 rings (SSSR count). The van der Waals surface area contributed by atoms with E-state index >= 15 is 0 Å². The molecule has 4 aromatic rings. The van der Waals surface area contributed by atoms with E-state index in [1.165, 1.54) is 23.9 Å². The highest BCUT2D eigenvalue weighted by molar-refractivity contribution is 7.99. The van der Waals surface area contributed by atoms with Crippen LogP contribution in [0.15, 0.2) is 56.7 Å². The summed E-state index contributed by atoms with van der Waals surface area (Å²) in [4.78, 5) is 10.3. The van der Waals surface area contributed by atoms with Crippen LogP contribution in [0.4, 0.5) is 5.69 Å². The SMILES string of the molecule is C[C@@H](Sc1nnc(-c2ccco2)n1C)c1nnc(-c2ccc([N+](=O)[O-])cc2)o1. The Morgan fingerprint density at radius 2 is 1.93 bits per heavy atom. The minimum Gasteiger partial charge on any atom is -0.461 e. The van der Waals surface area contributed by atoms with Crippen LogP contribution in [0, 0.1) is 10.1 Å². The number of nitrogens with zero attached hydrogens (tertiary/aromatic N) is 6. The predicted molar refractivity (Wildman–Crippen MR) is 99.4 cm³/mol. The number of furan rings is 1. The largest absolute Gasteiger partial charge is 0.461 e.